The molecule has 4 heteroatoms. The summed E-state index contributed by atoms with van der Waals surface area (Å²) in [5.74, 6) is 0.814. The number of aryl methyl sites for hydroxylation is 1. The largest absolute Gasteiger partial charge is 0.494 e. The minimum atomic E-state index is -0.347. The predicted molar refractivity (Wildman–Crippen MR) is 96.2 cm³/mol. The maximum atomic E-state index is 11.9. The van der Waals surface area contributed by atoms with Gasteiger partial charge in [-0.15, -0.1) is 0 Å². The van der Waals surface area contributed by atoms with Crippen molar-refractivity contribution in [1.29, 1.82) is 5.26 Å². The van der Waals surface area contributed by atoms with Gasteiger partial charge in [0, 0.05) is 11.3 Å². The molecule has 1 heterocycles. The standard InChI is InChI=1S/C20H24N2O2/c1-3-4-5-6-7-12-24-17-10-8-16(9-11-17)18-13-15(2)22-20(23)19(18)14-21/h8-11,13H,3-7,12H2,1-2H3,(H,22,23). The summed E-state index contributed by atoms with van der Waals surface area (Å²) in [6.45, 7) is 4.73. The lowest BCUT2D eigenvalue weighted by Gasteiger charge is -2.09. The number of nitrogens with one attached hydrogen (secondary N) is 1. The first-order chi connectivity index (χ1) is 11.7. The second-order valence-corrected chi connectivity index (χ2v) is 5.97. The van der Waals surface area contributed by atoms with E-state index in [0.29, 0.717) is 5.56 Å². The van der Waals surface area contributed by atoms with Gasteiger partial charge in [0.25, 0.3) is 5.56 Å². The molecule has 0 aliphatic rings. The Morgan fingerprint density at radius 2 is 1.83 bits per heavy atom. The number of pyridine rings is 1. The van der Waals surface area contributed by atoms with Gasteiger partial charge in [-0.3, -0.25) is 4.79 Å². The van der Waals surface area contributed by atoms with Crippen LogP contribution in [0, 0.1) is 18.3 Å². The average Bonchev–Trinajstić information content (AvgIpc) is 2.58. The van der Waals surface area contributed by atoms with Crippen molar-refractivity contribution >= 4 is 0 Å². The molecule has 0 spiro atoms. The van der Waals surface area contributed by atoms with Gasteiger partial charge in [-0.25, -0.2) is 0 Å². The predicted octanol–water partition coefficient (Wildman–Crippen LogP) is 4.57. The lowest BCUT2D eigenvalue weighted by Crippen LogP contribution is -2.12. The third kappa shape index (κ3) is 4.73. The molecule has 0 aliphatic carbocycles. The molecule has 2 rings (SSSR count). The minimum absolute atomic E-state index is 0.144. The molecule has 126 valence electrons. The Labute approximate surface area is 143 Å². The van der Waals surface area contributed by atoms with Crippen LogP contribution in [-0.2, 0) is 0 Å². The van der Waals surface area contributed by atoms with Gasteiger partial charge in [-0.05, 0) is 37.1 Å². The number of H-pyrrole nitrogens is 1. The van der Waals surface area contributed by atoms with Gasteiger partial charge >= 0.3 is 0 Å². The molecule has 0 fully saturated rings. The van der Waals surface area contributed by atoms with Gasteiger partial charge in [0.2, 0.25) is 0 Å². The first kappa shape index (κ1) is 17.8. The van der Waals surface area contributed by atoms with E-state index < -0.39 is 0 Å². The van der Waals surface area contributed by atoms with Gasteiger partial charge in [-0.2, -0.15) is 5.26 Å². The van der Waals surface area contributed by atoms with E-state index in [1.54, 1.807) is 0 Å². The van der Waals surface area contributed by atoms with Crippen LogP contribution in [0.15, 0.2) is 35.1 Å². The Kier molecular flexibility index (Phi) is 6.62. The van der Waals surface area contributed by atoms with E-state index in [1.165, 1.54) is 25.7 Å². The van der Waals surface area contributed by atoms with E-state index in [-0.39, 0.29) is 11.1 Å². The fraction of sp³-hybridized carbons (Fsp3) is 0.400. The number of aromatic amines is 1. The number of rotatable bonds is 8. The molecule has 0 bridgehead atoms. The number of nitrogens with zero attached hydrogens (tertiary/aromatic N) is 1. The van der Waals surface area contributed by atoms with E-state index in [4.69, 9.17) is 4.74 Å². The summed E-state index contributed by atoms with van der Waals surface area (Å²) in [6, 6.07) is 11.4. The zero-order valence-corrected chi connectivity index (χ0v) is 14.4. The normalized spacial score (nSPS) is 10.4. The van der Waals surface area contributed by atoms with Crippen LogP contribution in [0.25, 0.3) is 11.1 Å². The maximum absolute atomic E-state index is 11.9. The van der Waals surface area contributed by atoms with Crippen LogP contribution in [0.5, 0.6) is 5.75 Å². The first-order valence-electron chi connectivity index (χ1n) is 8.53. The van der Waals surface area contributed by atoms with Crippen molar-refractivity contribution in [3.8, 4) is 22.9 Å². The summed E-state index contributed by atoms with van der Waals surface area (Å²) >= 11 is 0. The topological polar surface area (TPSA) is 65.9 Å². The van der Waals surface area contributed by atoms with Crippen LogP contribution in [-0.4, -0.2) is 11.6 Å². The molecule has 0 saturated carbocycles. The van der Waals surface area contributed by atoms with Crippen molar-refractivity contribution in [1.82, 2.24) is 4.98 Å². The van der Waals surface area contributed by atoms with Crippen LogP contribution in [0.4, 0.5) is 0 Å². The van der Waals surface area contributed by atoms with Crippen LogP contribution in [0.2, 0.25) is 0 Å². The van der Waals surface area contributed by atoms with Gasteiger partial charge in [0.1, 0.15) is 17.4 Å². The van der Waals surface area contributed by atoms with E-state index in [0.717, 1.165) is 30.0 Å². The van der Waals surface area contributed by atoms with Crippen LogP contribution < -0.4 is 10.3 Å². The lowest BCUT2D eigenvalue weighted by molar-refractivity contribution is 0.304. The van der Waals surface area contributed by atoms with Crippen molar-refractivity contribution in [3.05, 3.63) is 51.9 Å². The number of ether oxygens (including phenoxy) is 1. The van der Waals surface area contributed by atoms with Crippen LogP contribution in [0.3, 0.4) is 0 Å². The highest BCUT2D eigenvalue weighted by Crippen LogP contribution is 2.24. The molecule has 0 radical (unpaired) electrons. The summed E-state index contributed by atoms with van der Waals surface area (Å²) in [5.41, 5.74) is 2.03. The van der Waals surface area contributed by atoms with E-state index >= 15 is 0 Å². The van der Waals surface area contributed by atoms with Gasteiger partial charge in [0.05, 0.1) is 6.61 Å². The molecule has 0 saturated heterocycles. The second kappa shape index (κ2) is 8.93. The van der Waals surface area contributed by atoms with Gasteiger partial charge in [0.15, 0.2) is 0 Å². The van der Waals surface area contributed by atoms with Crippen molar-refractivity contribution in [3.63, 3.8) is 0 Å². The highest BCUT2D eigenvalue weighted by Gasteiger charge is 2.10. The Hall–Kier alpha value is -2.54. The second-order valence-electron chi connectivity index (χ2n) is 5.97. The number of hydrogen-bond acceptors (Lipinski definition) is 3. The quantitative estimate of drug-likeness (QED) is 0.723. The molecular weight excluding hydrogens is 300 g/mol. The molecule has 4 nitrogen and oxygen atoms in total. The number of benzene rings is 1. The number of nitriles is 1. The summed E-state index contributed by atoms with van der Waals surface area (Å²) < 4.78 is 5.75. The summed E-state index contributed by atoms with van der Waals surface area (Å²) in [5, 5.41) is 9.22. The summed E-state index contributed by atoms with van der Waals surface area (Å²) in [4.78, 5) is 14.5. The molecule has 1 aromatic carbocycles. The zero-order chi connectivity index (χ0) is 17.4. The Balaban J connectivity index is 2.03. The molecule has 24 heavy (non-hydrogen) atoms. The monoisotopic (exact) mass is 324 g/mol. The van der Waals surface area contributed by atoms with Crippen molar-refractivity contribution < 1.29 is 4.74 Å². The number of hydrogen-bond donors (Lipinski definition) is 1. The first-order valence-corrected chi connectivity index (χ1v) is 8.53. The molecule has 1 N–H and O–H groups in total. The fourth-order valence-corrected chi connectivity index (χ4v) is 2.65. The van der Waals surface area contributed by atoms with E-state index in [9.17, 15) is 10.1 Å². The SMILES string of the molecule is CCCCCCCOc1ccc(-c2cc(C)[nH]c(=O)c2C#N)cc1. The van der Waals surface area contributed by atoms with E-state index in [2.05, 4.69) is 11.9 Å². The Bertz CT molecular complexity index is 755. The van der Waals surface area contributed by atoms with Crippen LogP contribution in [0.1, 0.15) is 50.3 Å². The smallest absolute Gasteiger partial charge is 0.266 e. The van der Waals surface area contributed by atoms with Crippen molar-refractivity contribution in [2.45, 2.75) is 46.0 Å². The molecule has 2 aromatic rings. The summed E-state index contributed by atoms with van der Waals surface area (Å²) in [6.07, 6.45) is 6.05. The lowest BCUT2D eigenvalue weighted by atomic mass is 10.0. The van der Waals surface area contributed by atoms with Gasteiger partial charge < -0.3 is 9.72 Å². The highest BCUT2D eigenvalue weighted by atomic mass is 16.5. The molecule has 0 atom stereocenters. The van der Waals surface area contributed by atoms with Crippen LogP contribution >= 0.6 is 0 Å². The van der Waals surface area contributed by atoms with Gasteiger partial charge in [-0.1, -0.05) is 44.7 Å². The maximum Gasteiger partial charge on any atom is 0.266 e. The van der Waals surface area contributed by atoms with E-state index in [1.807, 2.05) is 43.3 Å². The Morgan fingerprint density at radius 1 is 1.12 bits per heavy atom. The molecule has 0 unspecified atom stereocenters. The molecule has 1 aromatic heterocycles. The third-order valence-corrected chi connectivity index (χ3v) is 3.96. The summed E-state index contributed by atoms with van der Waals surface area (Å²) in [7, 11) is 0. The zero-order valence-electron chi connectivity index (χ0n) is 14.4. The minimum Gasteiger partial charge on any atom is -0.494 e. The fourth-order valence-electron chi connectivity index (χ4n) is 2.65. The third-order valence-electron chi connectivity index (χ3n) is 3.96. The number of aromatic nitrogens is 1. The highest BCUT2D eigenvalue weighted by molar-refractivity contribution is 5.70. The molecular formula is C20H24N2O2. The van der Waals surface area contributed by atoms with Crippen molar-refractivity contribution in [2.24, 2.45) is 0 Å². The average molecular weight is 324 g/mol. The van der Waals surface area contributed by atoms with Crippen molar-refractivity contribution in [2.75, 3.05) is 6.61 Å². The molecule has 0 amide bonds. The Morgan fingerprint density at radius 3 is 2.50 bits per heavy atom. The number of unbranched alkanes of at least 4 members (excludes halogenated alkanes) is 4. The molecule has 0 aliphatic heterocycles.